The normalized spacial score (nSPS) is 16.2. The average molecular weight is 489 g/mol. The zero-order valence-corrected chi connectivity index (χ0v) is 20.7. The first-order valence-corrected chi connectivity index (χ1v) is 11.7. The predicted molar refractivity (Wildman–Crippen MR) is 135 cm³/mol. The molecule has 4 aromatic rings. The minimum Gasteiger partial charge on any atom is -0.493 e. The highest BCUT2D eigenvalue weighted by Gasteiger charge is 2.36. The summed E-state index contributed by atoms with van der Waals surface area (Å²) in [4.78, 5) is 35.6. The number of aromatic nitrogens is 4. The third-order valence-corrected chi connectivity index (χ3v) is 6.55. The Bertz CT molecular complexity index is 1490. The molecule has 1 fully saturated rings. The Labute approximate surface area is 207 Å². The summed E-state index contributed by atoms with van der Waals surface area (Å²) in [6.45, 7) is 5.27. The molecule has 3 heterocycles. The second-order valence-electron chi connectivity index (χ2n) is 8.73. The van der Waals surface area contributed by atoms with Gasteiger partial charge in [-0.2, -0.15) is 5.10 Å². The molecular weight excluding hydrogens is 460 g/mol. The average Bonchev–Trinajstić information content (AvgIpc) is 3.17. The van der Waals surface area contributed by atoms with Gasteiger partial charge in [0, 0.05) is 30.4 Å². The van der Waals surface area contributed by atoms with Crippen LogP contribution >= 0.6 is 0 Å². The number of piperazine rings is 1. The molecule has 1 amide bonds. The Balaban J connectivity index is 1.53. The van der Waals surface area contributed by atoms with Crippen molar-refractivity contribution in [1.29, 1.82) is 0 Å². The Hall–Kier alpha value is -4.18. The molecule has 0 saturated carbocycles. The van der Waals surface area contributed by atoms with Crippen LogP contribution in [0.1, 0.15) is 28.8 Å². The lowest BCUT2D eigenvalue weighted by Crippen LogP contribution is -2.50. The molecule has 1 aliphatic heterocycles. The van der Waals surface area contributed by atoms with Crippen LogP contribution in [0.4, 0.5) is 0 Å². The number of rotatable bonds is 6. The molecule has 0 aliphatic carbocycles. The lowest BCUT2D eigenvalue weighted by atomic mass is 10.00. The summed E-state index contributed by atoms with van der Waals surface area (Å²) in [5.41, 5.74) is 3.66. The number of hydrogen-bond donors (Lipinski definition) is 2. The first-order valence-electron chi connectivity index (χ1n) is 11.7. The summed E-state index contributed by atoms with van der Waals surface area (Å²) >= 11 is 0. The fourth-order valence-electron chi connectivity index (χ4n) is 4.85. The highest BCUT2D eigenvalue weighted by atomic mass is 16.5. The Morgan fingerprint density at radius 1 is 1.06 bits per heavy atom. The summed E-state index contributed by atoms with van der Waals surface area (Å²) in [7, 11) is 3.06. The number of aryl methyl sites for hydroxylation is 1. The van der Waals surface area contributed by atoms with Crippen molar-refractivity contribution in [2.24, 2.45) is 0 Å². The lowest BCUT2D eigenvalue weighted by molar-refractivity contribution is -0.129. The summed E-state index contributed by atoms with van der Waals surface area (Å²) in [6.07, 6.45) is 0. The van der Waals surface area contributed by atoms with Gasteiger partial charge in [-0.3, -0.25) is 14.5 Å². The summed E-state index contributed by atoms with van der Waals surface area (Å²) < 4.78 is 12.6. The van der Waals surface area contributed by atoms with Crippen molar-refractivity contribution < 1.29 is 14.3 Å². The van der Waals surface area contributed by atoms with E-state index in [-0.39, 0.29) is 18.0 Å². The summed E-state index contributed by atoms with van der Waals surface area (Å²) in [5.74, 6) is 1.31. The van der Waals surface area contributed by atoms with Gasteiger partial charge in [-0.25, -0.2) is 9.67 Å². The largest absolute Gasteiger partial charge is 0.493 e. The van der Waals surface area contributed by atoms with Gasteiger partial charge in [0.05, 0.1) is 43.0 Å². The molecule has 0 unspecified atom stereocenters. The van der Waals surface area contributed by atoms with Crippen molar-refractivity contribution >= 4 is 16.8 Å². The van der Waals surface area contributed by atoms with Gasteiger partial charge in [0.2, 0.25) is 5.91 Å². The molecule has 0 spiro atoms. The van der Waals surface area contributed by atoms with Crippen LogP contribution in [-0.2, 0) is 11.3 Å². The van der Waals surface area contributed by atoms with Crippen LogP contribution in [0.5, 0.6) is 11.5 Å². The predicted octanol–water partition coefficient (Wildman–Crippen LogP) is 2.42. The van der Waals surface area contributed by atoms with Gasteiger partial charge in [0.25, 0.3) is 5.56 Å². The first kappa shape index (κ1) is 23.6. The third-order valence-electron chi connectivity index (χ3n) is 6.55. The maximum atomic E-state index is 13.2. The van der Waals surface area contributed by atoms with E-state index in [1.54, 1.807) is 12.1 Å². The number of carbonyl (C=O) groups excluding carboxylic acids is 1. The third kappa shape index (κ3) is 4.09. The number of amides is 1. The fourth-order valence-corrected chi connectivity index (χ4v) is 4.85. The molecule has 0 radical (unpaired) electrons. The van der Waals surface area contributed by atoms with E-state index < -0.39 is 6.04 Å². The number of ether oxygens (including phenoxy) is 2. The van der Waals surface area contributed by atoms with Crippen molar-refractivity contribution in [3.8, 4) is 17.2 Å². The van der Waals surface area contributed by atoms with Crippen LogP contribution in [0.15, 0.2) is 47.3 Å². The van der Waals surface area contributed by atoms with Gasteiger partial charge in [0.1, 0.15) is 11.9 Å². The zero-order valence-electron chi connectivity index (χ0n) is 20.7. The summed E-state index contributed by atoms with van der Waals surface area (Å²) in [5, 5.41) is 8.11. The number of H-pyrrole nitrogens is 1. The number of nitrogens with one attached hydrogen (secondary N) is 2. The fraction of sp³-hybridized carbons (Fsp3) is 0.308. The van der Waals surface area contributed by atoms with Crippen molar-refractivity contribution in [3.63, 3.8) is 0 Å². The minimum atomic E-state index is -0.567. The van der Waals surface area contributed by atoms with Crippen LogP contribution in [0.3, 0.4) is 0 Å². The molecule has 1 atom stereocenters. The van der Waals surface area contributed by atoms with Crippen LogP contribution in [0.2, 0.25) is 0 Å². The highest BCUT2D eigenvalue weighted by molar-refractivity contribution is 5.85. The first-order chi connectivity index (χ1) is 17.4. The molecule has 186 valence electrons. The molecule has 10 nitrogen and oxygen atoms in total. The molecule has 5 rings (SSSR count). The number of carbonyl (C=O) groups is 1. The monoisotopic (exact) mass is 488 g/mol. The second kappa shape index (κ2) is 9.46. The van der Waals surface area contributed by atoms with Crippen LogP contribution in [-0.4, -0.2) is 57.9 Å². The van der Waals surface area contributed by atoms with E-state index in [0.29, 0.717) is 41.3 Å². The van der Waals surface area contributed by atoms with Crippen LogP contribution in [0, 0.1) is 13.8 Å². The van der Waals surface area contributed by atoms with Gasteiger partial charge in [0.15, 0.2) is 11.5 Å². The van der Waals surface area contributed by atoms with E-state index >= 15 is 0 Å². The Kier molecular flexibility index (Phi) is 6.19. The standard InChI is InChI=1S/C26H28N6O4/c1-15-23(16(2)32(30-15)17-8-6-5-7-9-17)24-26(34)27-10-11-31(24)14-22-28-19-13-21(36-4)20(35-3)12-18(19)25(33)29-22/h5-9,12-13,24H,10-11,14H2,1-4H3,(H,27,34)(H,28,29,33)/t24-/m1/s1. The van der Waals surface area contributed by atoms with E-state index in [2.05, 4.69) is 15.3 Å². The van der Waals surface area contributed by atoms with Crippen LogP contribution < -0.4 is 20.3 Å². The van der Waals surface area contributed by atoms with Gasteiger partial charge in [-0.1, -0.05) is 18.2 Å². The van der Waals surface area contributed by atoms with Crippen LogP contribution in [0.25, 0.3) is 16.6 Å². The van der Waals surface area contributed by atoms with Crippen molar-refractivity contribution in [3.05, 3.63) is 75.6 Å². The van der Waals surface area contributed by atoms with E-state index in [0.717, 1.165) is 22.6 Å². The number of methoxy groups -OCH3 is 2. The van der Waals surface area contributed by atoms with E-state index in [9.17, 15) is 9.59 Å². The second-order valence-corrected chi connectivity index (χ2v) is 8.73. The molecule has 36 heavy (non-hydrogen) atoms. The quantitative estimate of drug-likeness (QED) is 0.428. The van der Waals surface area contributed by atoms with Crippen molar-refractivity contribution in [2.75, 3.05) is 27.3 Å². The number of fused-ring (bicyclic) bond motifs is 1. The number of hydrogen-bond acceptors (Lipinski definition) is 7. The molecule has 2 aromatic carbocycles. The highest BCUT2D eigenvalue weighted by Crippen LogP contribution is 2.32. The molecule has 10 heteroatoms. The van der Waals surface area contributed by atoms with Gasteiger partial charge < -0.3 is 19.8 Å². The van der Waals surface area contributed by atoms with Gasteiger partial charge in [-0.15, -0.1) is 0 Å². The molecular formula is C26H28N6O4. The lowest BCUT2D eigenvalue weighted by Gasteiger charge is -2.35. The van der Waals surface area contributed by atoms with Gasteiger partial charge in [-0.05, 0) is 32.0 Å². The number of aromatic amines is 1. The SMILES string of the molecule is COc1cc2nc(CN3CCNC(=O)[C@H]3c3c(C)nn(-c4ccccc4)c3C)[nH]c(=O)c2cc1OC. The zero-order chi connectivity index (χ0) is 25.4. The topological polar surface area (TPSA) is 114 Å². The van der Waals surface area contributed by atoms with Crippen molar-refractivity contribution in [1.82, 2.24) is 30.0 Å². The molecule has 1 saturated heterocycles. The Morgan fingerprint density at radius 3 is 2.50 bits per heavy atom. The Morgan fingerprint density at radius 2 is 1.78 bits per heavy atom. The van der Waals surface area contributed by atoms with E-state index in [4.69, 9.17) is 14.6 Å². The van der Waals surface area contributed by atoms with E-state index in [1.807, 2.05) is 53.8 Å². The number of para-hydroxylation sites is 1. The van der Waals surface area contributed by atoms with E-state index in [1.165, 1.54) is 14.2 Å². The maximum absolute atomic E-state index is 13.2. The van der Waals surface area contributed by atoms with Crippen molar-refractivity contribution in [2.45, 2.75) is 26.4 Å². The molecule has 1 aliphatic rings. The maximum Gasteiger partial charge on any atom is 0.258 e. The number of benzene rings is 2. The smallest absolute Gasteiger partial charge is 0.258 e. The minimum absolute atomic E-state index is 0.102. The van der Waals surface area contributed by atoms with Gasteiger partial charge >= 0.3 is 0 Å². The molecule has 0 bridgehead atoms. The number of nitrogens with zero attached hydrogens (tertiary/aromatic N) is 4. The molecule has 2 aromatic heterocycles. The summed E-state index contributed by atoms with van der Waals surface area (Å²) in [6, 6.07) is 12.6. The molecule has 2 N–H and O–H groups in total.